The van der Waals surface area contributed by atoms with Crippen molar-refractivity contribution in [2.24, 2.45) is 0 Å². The number of alkyl halides is 6. The second-order valence-corrected chi connectivity index (χ2v) is 10.6. The van der Waals surface area contributed by atoms with Crippen LogP contribution in [0.4, 0.5) is 41.2 Å². The van der Waals surface area contributed by atoms with Crippen LogP contribution in [0.1, 0.15) is 16.4 Å². The Kier molecular flexibility index (Phi) is 8.10. The van der Waals surface area contributed by atoms with Crippen LogP contribution in [-0.2, 0) is 20.8 Å². The average molecular weight is 563 g/mol. The van der Waals surface area contributed by atoms with E-state index in [1.165, 1.54) is 0 Å². The highest BCUT2D eigenvalue weighted by Gasteiger charge is 2.46. The summed E-state index contributed by atoms with van der Waals surface area (Å²) < 4.78 is 123. The Morgan fingerprint density at radius 3 is 2.44 bits per heavy atom. The van der Waals surface area contributed by atoms with Gasteiger partial charge in [-0.2, -0.15) is 26.3 Å². The molecule has 1 fully saturated rings. The van der Waals surface area contributed by atoms with E-state index >= 15 is 0 Å². The van der Waals surface area contributed by atoms with Gasteiger partial charge in [-0.3, -0.25) is 10.2 Å². The molecule has 1 saturated heterocycles. The Hall–Kier alpha value is -2.58. The Morgan fingerprint density at radius 1 is 1.14 bits per heavy atom. The number of nitrogens with one attached hydrogen (secondary N) is 1. The summed E-state index contributed by atoms with van der Waals surface area (Å²) in [6.07, 6.45) is -14.1. The third-order valence-electron chi connectivity index (χ3n) is 5.34. The molecule has 1 amide bonds. The van der Waals surface area contributed by atoms with E-state index in [0.717, 1.165) is 41.3 Å². The summed E-state index contributed by atoms with van der Waals surface area (Å²) in [6, 6.07) is 6.51. The molecule has 0 spiro atoms. The third kappa shape index (κ3) is 7.01. The van der Waals surface area contributed by atoms with Crippen molar-refractivity contribution in [1.82, 2.24) is 4.90 Å². The third-order valence-corrected chi connectivity index (χ3v) is 7.69. The number of rotatable bonds is 5. The molecule has 1 unspecified atom stereocenters. The lowest BCUT2D eigenvalue weighted by atomic mass is 10.1. The van der Waals surface area contributed by atoms with E-state index in [1.54, 1.807) is 0 Å². The number of carbonyl (C=O) groups is 1. The van der Waals surface area contributed by atoms with Crippen LogP contribution in [-0.4, -0.2) is 57.1 Å². The fourth-order valence-corrected chi connectivity index (χ4v) is 5.44. The van der Waals surface area contributed by atoms with E-state index in [2.05, 4.69) is 4.74 Å². The van der Waals surface area contributed by atoms with Gasteiger partial charge in [-0.05, 0) is 29.8 Å². The van der Waals surface area contributed by atoms with Gasteiger partial charge in [0.1, 0.15) is 5.82 Å². The quantitative estimate of drug-likeness (QED) is 0.491. The van der Waals surface area contributed by atoms with Crippen molar-refractivity contribution in [3.05, 3.63) is 64.4 Å². The molecule has 1 heterocycles. The zero-order valence-electron chi connectivity index (χ0n) is 18.0. The molecule has 2 aromatic carbocycles. The fraction of sp³-hybridized carbons (Fsp3) is 0.381. The maximum absolute atomic E-state index is 13.6. The molecular weight excluding hydrogens is 545 g/mol. The first-order valence-electron chi connectivity index (χ1n) is 10.2. The molecule has 2 atom stereocenters. The normalized spacial score (nSPS) is 19.5. The van der Waals surface area contributed by atoms with Gasteiger partial charge in [0.2, 0.25) is 6.10 Å². The van der Waals surface area contributed by atoms with Gasteiger partial charge in [-0.25, -0.2) is 17.6 Å². The number of amides is 1. The molecule has 1 aliphatic heterocycles. The first kappa shape index (κ1) is 28.0. The number of hydrogen-bond donors (Lipinski definition) is 1. The van der Waals surface area contributed by atoms with E-state index in [9.17, 15) is 43.9 Å². The van der Waals surface area contributed by atoms with E-state index < -0.39 is 69.9 Å². The van der Waals surface area contributed by atoms with Crippen LogP contribution < -0.4 is 5.32 Å². The highest BCUT2D eigenvalue weighted by atomic mass is 35.5. The van der Waals surface area contributed by atoms with Crippen LogP contribution in [0.2, 0.25) is 5.02 Å². The smallest absolute Gasteiger partial charge is 0.426 e. The number of ether oxygens (including phenoxy) is 1. The number of sulfone groups is 1. The molecule has 1 N–H and O–H groups in total. The van der Waals surface area contributed by atoms with Crippen molar-refractivity contribution in [3.63, 3.8) is 0 Å². The minimum Gasteiger partial charge on any atom is -0.435 e. The number of hydrogen-bond acceptors (Lipinski definition) is 5. The monoisotopic (exact) mass is 562 g/mol. The van der Waals surface area contributed by atoms with Gasteiger partial charge < -0.3 is 4.74 Å². The van der Waals surface area contributed by atoms with E-state index in [0.29, 0.717) is 6.07 Å². The molecule has 15 heteroatoms. The number of benzene rings is 2. The topological polar surface area (TPSA) is 75.7 Å². The van der Waals surface area contributed by atoms with Gasteiger partial charge in [0.05, 0.1) is 21.6 Å². The van der Waals surface area contributed by atoms with Gasteiger partial charge in [-0.1, -0.05) is 29.8 Å². The first-order chi connectivity index (χ1) is 16.6. The maximum atomic E-state index is 13.6. The highest BCUT2D eigenvalue weighted by molar-refractivity contribution is 7.91. The molecule has 3 rings (SSSR count). The second-order valence-electron chi connectivity index (χ2n) is 7.93. The van der Waals surface area contributed by atoms with Crippen molar-refractivity contribution in [2.75, 3.05) is 30.7 Å². The van der Waals surface area contributed by atoms with Crippen molar-refractivity contribution < 1.29 is 48.7 Å². The van der Waals surface area contributed by atoms with Gasteiger partial charge in [-0.15, -0.1) is 0 Å². The molecule has 0 aromatic heterocycles. The van der Waals surface area contributed by atoms with Gasteiger partial charge in [0.15, 0.2) is 9.84 Å². The van der Waals surface area contributed by atoms with Gasteiger partial charge in [0, 0.05) is 25.3 Å². The molecular formula is C21H18ClF7N2O4S. The molecule has 0 bridgehead atoms. The predicted molar refractivity (Wildman–Crippen MR) is 116 cm³/mol. The van der Waals surface area contributed by atoms with Crippen LogP contribution in [0.15, 0.2) is 42.5 Å². The first-order valence-corrected chi connectivity index (χ1v) is 12.3. The molecule has 1 aliphatic rings. The molecule has 6 nitrogen and oxygen atoms in total. The number of anilines is 1. The lowest BCUT2D eigenvalue weighted by Crippen LogP contribution is -2.50. The minimum atomic E-state index is -5.06. The lowest BCUT2D eigenvalue weighted by molar-refractivity contribution is -0.206. The summed E-state index contributed by atoms with van der Waals surface area (Å²) in [5, 5.41) is 0.137. The Bertz CT molecular complexity index is 1220. The molecule has 2 aromatic rings. The number of carbonyl (C=O) groups excluding carboxylic acids is 1. The summed E-state index contributed by atoms with van der Waals surface area (Å²) in [6.45, 7) is -1.89. The fourth-order valence-electron chi connectivity index (χ4n) is 3.52. The molecule has 36 heavy (non-hydrogen) atoms. The highest BCUT2D eigenvalue weighted by Crippen LogP contribution is 2.35. The standard InChI is InChI=1S/C21H18ClF7N2O4S/c22-15-5-4-14(9-16(15)23)30-19(32)35-18(21(27,28)29)11-31-6-7-36(33,34)17(10-31)12-2-1-3-13(8-12)20(24,25)26/h1-5,8-9,17-18H,6-7,10-11H2,(H,30,32)/t17-,18?/m1/s1. The zero-order valence-corrected chi connectivity index (χ0v) is 19.6. The largest absolute Gasteiger partial charge is 0.435 e. The molecule has 0 saturated carbocycles. The summed E-state index contributed by atoms with van der Waals surface area (Å²) >= 11 is 5.51. The second kappa shape index (κ2) is 10.4. The van der Waals surface area contributed by atoms with Crippen LogP contribution in [0.25, 0.3) is 0 Å². The van der Waals surface area contributed by atoms with Gasteiger partial charge >= 0.3 is 18.4 Å². The Balaban J connectivity index is 1.75. The van der Waals surface area contributed by atoms with Crippen molar-refractivity contribution >= 4 is 33.2 Å². The average Bonchev–Trinajstić information content (AvgIpc) is 2.75. The van der Waals surface area contributed by atoms with Crippen LogP contribution >= 0.6 is 11.6 Å². The summed E-state index contributed by atoms with van der Waals surface area (Å²) in [7, 11) is -3.97. The lowest BCUT2D eigenvalue weighted by Gasteiger charge is -2.35. The van der Waals surface area contributed by atoms with Crippen LogP contribution in [0.3, 0.4) is 0 Å². The summed E-state index contributed by atoms with van der Waals surface area (Å²) in [5.74, 6) is -1.55. The Labute approximate surface area is 205 Å². The van der Waals surface area contributed by atoms with E-state index in [4.69, 9.17) is 11.6 Å². The van der Waals surface area contributed by atoms with Crippen molar-refractivity contribution in [2.45, 2.75) is 23.7 Å². The number of nitrogens with zero attached hydrogens (tertiary/aromatic N) is 1. The van der Waals surface area contributed by atoms with Crippen molar-refractivity contribution in [1.29, 1.82) is 0 Å². The molecule has 0 aliphatic carbocycles. The van der Waals surface area contributed by atoms with Crippen LogP contribution in [0.5, 0.6) is 0 Å². The maximum Gasteiger partial charge on any atom is 0.426 e. The van der Waals surface area contributed by atoms with E-state index in [-0.39, 0.29) is 22.8 Å². The zero-order chi connectivity index (χ0) is 26.9. The predicted octanol–water partition coefficient (Wildman–Crippen LogP) is 5.45. The molecule has 198 valence electrons. The van der Waals surface area contributed by atoms with Crippen molar-refractivity contribution in [3.8, 4) is 0 Å². The SMILES string of the molecule is O=C(Nc1ccc(Cl)c(F)c1)OC(CN1CCS(=O)(=O)[C@@H](c2cccc(C(F)(F)F)c2)C1)C(F)(F)F. The summed E-state index contributed by atoms with van der Waals surface area (Å²) in [4.78, 5) is 13.1. The Morgan fingerprint density at radius 2 is 1.83 bits per heavy atom. The summed E-state index contributed by atoms with van der Waals surface area (Å²) in [5.41, 5.74) is -1.54. The van der Waals surface area contributed by atoms with Gasteiger partial charge in [0.25, 0.3) is 0 Å². The van der Waals surface area contributed by atoms with Crippen LogP contribution in [0, 0.1) is 5.82 Å². The van der Waals surface area contributed by atoms with E-state index in [1.807, 2.05) is 5.32 Å². The number of halogens is 8. The minimum absolute atomic E-state index is 0.221. The molecule has 0 radical (unpaired) electrons.